The van der Waals surface area contributed by atoms with Crippen molar-refractivity contribution in [3.63, 3.8) is 0 Å². The summed E-state index contributed by atoms with van der Waals surface area (Å²) < 4.78 is 83.8. The molecule has 8 nitrogen and oxygen atoms in total. The van der Waals surface area contributed by atoms with Crippen molar-refractivity contribution in [2.24, 2.45) is 0 Å². The highest BCUT2D eigenvalue weighted by Crippen LogP contribution is 2.44. The summed E-state index contributed by atoms with van der Waals surface area (Å²) in [6.07, 6.45) is -6.13. The lowest BCUT2D eigenvalue weighted by Crippen LogP contribution is -2.63. The molecular weight excluding hydrogens is 548 g/mol. The van der Waals surface area contributed by atoms with Crippen LogP contribution in [0.4, 0.5) is 17.6 Å². The third kappa shape index (κ3) is 7.25. The Morgan fingerprint density at radius 1 is 1.02 bits per heavy atom. The monoisotopic (exact) mass is 582 g/mol. The first-order valence-electron chi connectivity index (χ1n) is 13.6. The number of ether oxygens (including phenoxy) is 5. The van der Waals surface area contributed by atoms with Crippen molar-refractivity contribution >= 4 is 5.91 Å². The smallest absolute Gasteiger partial charge is 0.379 e. The zero-order valence-electron chi connectivity index (χ0n) is 22.9. The van der Waals surface area contributed by atoms with Crippen molar-refractivity contribution in [2.75, 3.05) is 26.3 Å². The topological polar surface area (TPSA) is 78.5 Å². The van der Waals surface area contributed by atoms with Gasteiger partial charge in [0, 0.05) is 25.9 Å². The fourth-order valence-corrected chi connectivity index (χ4v) is 5.47. The molecule has 1 N–H and O–H groups in total. The standard InChI is InChI=1S/C29H34F4N2O6/c1-27(2)40-24-16-28(26(36)34-35-10-12-37-13-11-35,39-18-20-4-3-5-21(14-20)29(31,32)33)15-23(25(24)41-27)38-17-19-6-8-22(30)9-7-19/h3-9,14,23-25H,10-13,15-18H2,1-2H3,(H,34,36)/t23-,24+,25-,28+/m0/s1. The van der Waals surface area contributed by atoms with Gasteiger partial charge >= 0.3 is 6.18 Å². The minimum atomic E-state index is -4.51. The summed E-state index contributed by atoms with van der Waals surface area (Å²) in [7, 11) is 0. The number of fused-ring (bicyclic) bond motifs is 1. The summed E-state index contributed by atoms with van der Waals surface area (Å²) in [5.41, 5.74) is 1.60. The quantitative estimate of drug-likeness (QED) is 0.464. The molecule has 41 heavy (non-hydrogen) atoms. The highest BCUT2D eigenvalue weighted by atomic mass is 19.4. The summed E-state index contributed by atoms with van der Waals surface area (Å²) in [4.78, 5) is 14.0. The fraction of sp³-hybridized carbons (Fsp3) is 0.552. The minimum Gasteiger partial charge on any atom is -0.379 e. The van der Waals surface area contributed by atoms with Crippen LogP contribution >= 0.6 is 0 Å². The lowest BCUT2D eigenvalue weighted by atomic mass is 9.78. The van der Waals surface area contributed by atoms with E-state index in [1.807, 2.05) is 0 Å². The van der Waals surface area contributed by atoms with Gasteiger partial charge in [-0.05, 0) is 49.2 Å². The van der Waals surface area contributed by atoms with E-state index in [1.54, 1.807) is 31.0 Å². The molecule has 4 atom stereocenters. The summed E-state index contributed by atoms with van der Waals surface area (Å²) >= 11 is 0. The van der Waals surface area contributed by atoms with Crippen LogP contribution in [0.1, 0.15) is 43.4 Å². The number of hydrazine groups is 1. The van der Waals surface area contributed by atoms with Gasteiger partial charge in [0.25, 0.3) is 5.91 Å². The number of hydrogen-bond donors (Lipinski definition) is 1. The predicted octanol–water partition coefficient (Wildman–Crippen LogP) is 4.36. The van der Waals surface area contributed by atoms with E-state index < -0.39 is 47.3 Å². The molecule has 5 rings (SSSR count). The van der Waals surface area contributed by atoms with E-state index in [9.17, 15) is 22.4 Å². The Hall–Kier alpha value is -2.61. The normalized spacial score (nSPS) is 28.3. The zero-order valence-corrected chi connectivity index (χ0v) is 22.9. The summed E-state index contributed by atoms with van der Waals surface area (Å²) in [5, 5.41) is 1.73. The lowest BCUT2D eigenvalue weighted by Gasteiger charge is -2.44. The van der Waals surface area contributed by atoms with Crippen molar-refractivity contribution in [3.8, 4) is 0 Å². The number of nitrogens with one attached hydrogen (secondary N) is 1. The minimum absolute atomic E-state index is 0.0595. The first kappa shape index (κ1) is 29.9. The van der Waals surface area contributed by atoms with Crippen LogP contribution in [-0.4, -0.2) is 66.9 Å². The number of carbonyl (C=O) groups is 1. The Balaban J connectivity index is 1.42. The SMILES string of the molecule is CC1(C)O[C@H]2[C@@H](OCc3ccc(F)cc3)C[C@](OCc3cccc(C(F)(F)F)c3)(C(=O)NN3CCOCC3)C[C@H]2O1. The van der Waals surface area contributed by atoms with E-state index in [4.69, 9.17) is 23.7 Å². The molecule has 2 heterocycles. The summed E-state index contributed by atoms with van der Waals surface area (Å²) in [5.74, 6) is -1.78. The average molecular weight is 583 g/mol. The van der Waals surface area contributed by atoms with Gasteiger partial charge in [0.05, 0.1) is 44.2 Å². The average Bonchev–Trinajstić information content (AvgIpc) is 3.25. The summed E-state index contributed by atoms with van der Waals surface area (Å²) in [6.45, 7) is 5.23. The Morgan fingerprint density at radius 2 is 1.76 bits per heavy atom. The molecule has 1 aliphatic carbocycles. The van der Waals surface area contributed by atoms with Crippen molar-refractivity contribution in [1.82, 2.24) is 10.4 Å². The van der Waals surface area contributed by atoms with Crippen molar-refractivity contribution < 1.29 is 46.0 Å². The molecule has 3 fully saturated rings. The molecule has 0 unspecified atom stereocenters. The molecule has 2 aromatic carbocycles. The van der Waals surface area contributed by atoms with Crippen LogP contribution in [0, 0.1) is 5.82 Å². The molecule has 1 amide bonds. The van der Waals surface area contributed by atoms with Gasteiger partial charge in [-0.3, -0.25) is 10.2 Å². The van der Waals surface area contributed by atoms with Crippen LogP contribution in [0.5, 0.6) is 0 Å². The van der Waals surface area contributed by atoms with Gasteiger partial charge in [-0.2, -0.15) is 13.2 Å². The first-order chi connectivity index (χ1) is 19.4. The van der Waals surface area contributed by atoms with Gasteiger partial charge in [0.2, 0.25) is 0 Å². The maximum Gasteiger partial charge on any atom is 0.416 e. The number of rotatable bonds is 8. The fourth-order valence-electron chi connectivity index (χ4n) is 5.47. The number of hydrogen-bond acceptors (Lipinski definition) is 7. The maximum absolute atomic E-state index is 14.0. The summed E-state index contributed by atoms with van der Waals surface area (Å²) in [6, 6.07) is 10.7. The molecule has 1 saturated carbocycles. The Kier molecular flexibility index (Phi) is 8.70. The molecule has 0 bridgehead atoms. The maximum atomic E-state index is 14.0. The highest BCUT2D eigenvalue weighted by molar-refractivity contribution is 5.85. The van der Waals surface area contributed by atoms with Gasteiger partial charge in [-0.25, -0.2) is 9.40 Å². The third-order valence-corrected chi connectivity index (χ3v) is 7.48. The molecule has 0 spiro atoms. The van der Waals surface area contributed by atoms with Gasteiger partial charge in [0.15, 0.2) is 11.4 Å². The van der Waals surface area contributed by atoms with Crippen LogP contribution < -0.4 is 5.43 Å². The molecular formula is C29H34F4N2O6. The number of alkyl halides is 3. The number of morpholine rings is 1. The van der Waals surface area contributed by atoms with Crippen molar-refractivity contribution in [3.05, 3.63) is 71.0 Å². The van der Waals surface area contributed by atoms with Crippen LogP contribution in [0.3, 0.4) is 0 Å². The molecule has 3 aliphatic rings. The lowest BCUT2D eigenvalue weighted by molar-refractivity contribution is -0.187. The third-order valence-electron chi connectivity index (χ3n) is 7.48. The number of halogens is 4. The van der Waals surface area contributed by atoms with Gasteiger partial charge in [-0.1, -0.05) is 24.3 Å². The van der Waals surface area contributed by atoms with E-state index >= 15 is 0 Å². The van der Waals surface area contributed by atoms with E-state index in [1.165, 1.54) is 24.3 Å². The molecule has 0 aromatic heterocycles. The number of nitrogens with zero attached hydrogens (tertiary/aromatic N) is 1. The van der Waals surface area contributed by atoms with Crippen molar-refractivity contribution in [2.45, 2.75) is 75.8 Å². The number of amides is 1. The second-order valence-electron chi connectivity index (χ2n) is 11.0. The predicted molar refractivity (Wildman–Crippen MR) is 138 cm³/mol. The van der Waals surface area contributed by atoms with Crippen LogP contribution in [-0.2, 0) is 47.9 Å². The van der Waals surface area contributed by atoms with Gasteiger partial charge < -0.3 is 23.7 Å². The highest BCUT2D eigenvalue weighted by Gasteiger charge is 2.58. The Labute approximate surface area is 235 Å². The van der Waals surface area contributed by atoms with Gasteiger partial charge in [0.1, 0.15) is 11.9 Å². The molecule has 2 saturated heterocycles. The zero-order chi connectivity index (χ0) is 29.3. The van der Waals surface area contributed by atoms with Crippen LogP contribution in [0.15, 0.2) is 48.5 Å². The van der Waals surface area contributed by atoms with Crippen LogP contribution in [0.25, 0.3) is 0 Å². The number of benzene rings is 2. The van der Waals surface area contributed by atoms with Crippen molar-refractivity contribution in [1.29, 1.82) is 0 Å². The Bertz CT molecular complexity index is 1200. The van der Waals surface area contributed by atoms with E-state index in [2.05, 4.69) is 5.43 Å². The second kappa shape index (κ2) is 11.9. The molecule has 12 heteroatoms. The molecule has 2 aliphatic heterocycles. The largest absolute Gasteiger partial charge is 0.416 e. The first-order valence-corrected chi connectivity index (χ1v) is 13.6. The van der Waals surface area contributed by atoms with Gasteiger partial charge in [-0.15, -0.1) is 0 Å². The van der Waals surface area contributed by atoms with E-state index in [0.29, 0.717) is 26.3 Å². The molecule has 0 radical (unpaired) electrons. The molecule has 224 valence electrons. The van der Waals surface area contributed by atoms with E-state index in [0.717, 1.165) is 17.7 Å². The number of carbonyl (C=O) groups excluding carboxylic acids is 1. The Morgan fingerprint density at radius 3 is 2.46 bits per heavy atom. The van der Waals surface area contributed by atoms with E-state index in [-0.39, 0.29) is 37.4 Å². The second-order valence-corrected chi connectivity index (χ2v) is 11.0. The molecule has 2 aromatic rings. The van der Waals surface area contributed by atoms with Crippen LogP contribution in [0.2, 0.25) is 0 Å².